The highest BCUT2D eigenvalue weighted by Crippen LogP contribution is 2.41. The molecule has 1 amide bonds. The number of aryl methyl sites for hydroxylation is 2. The summed E-state index contributed by atoms with van der Waals surface area (Å²) in [4.78, 5) is 16.9. The third-order valence-corrected chi connectivity index (χ3v) is 4.70. The predicted molar refractivity (Wildman–Crippen MR) is 85.5 cm³/mol. The Labute approximate surface area is 140 Å². The zero-order valence-corrected chi connectivity index (χ0v) is 14.0. The normalized spacial score (nSPS) is 23.6. The van der Waals surface area contributed by atoms with Gasteiger partial charge in [0.2, 0.25) is 0 Å². The van der Waals surface area contributed by atoms with Crippen molar-refractivity contribution in [3.05, 3.63) is 29.1 Å². The van der Waals surface area contributed by atoms with Crippen molar-refractivity contribution in [2.24, 2.45) is 7.05 Å². The topological polar surface area (TPSA) is 97.7 Å². The van der Waals surface area contributed by atoms with Crippen molar-refractivity contribution in [1.29, 1.82) is 0 Å². The summed E-state index contributed by atoms with van der Waals surface area (Å²) in [5, 5.41) is 14.2. The van der Waals surface area contributed by atoms with Gasteiger partial charge in [0.05, 0.1) is 12.3 Å². The average Bonchev–Trinajstić information content (AvgIpc) is 2.96. The van der Waals surface area contributed by atoms with Crippen LogP contribution in [0.5, 0.6) is 0 Å². The highest BCUT2D eigenvalue weighted by Gasteiger charge is 2.32. The lowest BCUT2D eigenvalue weighted by Crippen LogP contribution is -2.33. The summed E-state index contributed by atoms with van der Waals surface area (Å²) in [6.07, 6.45) is 5.78. The molecule has 0 bridgehead atoms. The van der Waals surface area contributed by atoms with Crippen LogP contribution < -0.4 is 5.32 Å². The van der Waals surface area contributed by atoms with Crippen LogP contribution in [-0.4, -0.2) is 43.5 Å². The summed E-state index contributed by atoms with van der Waals surface area (Å²) in [7, 11) is 1.81. The molecule has 0 unspecified atom stereocenters. The van der Waals surface area contributed by atoms with E-state index in [1.807, 2.05) is 20.2 Å². The number of carbonyl (C=O) groups is 1. The monoisotopic (exact) mass is 330 g/mol. The Balaban J connectivity index is 1.34. The van der Waals surface area contributed by atoms with Crippen LogP contribution in [0.3, 0.4) is 0 Å². The molecule has 1 saturated carbocycles. The van der Waals surface area contributed by atoms with Gasteiger partial charge in [-0.15, -0.1) is 0 Å². The third kappa shape index (κ3) is 2.93. The molecule has 8 heteroatoms. The van der Waals surface area contributed by atoms with E-state index in [0.717, 1.165) is 37.1 Å². The molecule has 0 spiro atoms. The number of nitrogens with one attached hydrogen (secondary N) is 2. The summed E-state index contributed by atoms with van der Waals surface area (Å²) < 4.78 is 7.63. The van der Waals surface area contributed by atoms with Gasteiger partial charge in [0.25, 0.3) is 5.91 Å². The van der Waals surface area contributed by atoms with E-state index in [4.69, 9.17) is 4.74 Å². The van der Waals surface area contributed by atoms with Gasteiger partial charge in [-0.2, -0.15) is 10.2 Å². The number of hydrogen-bond acceptors (Lipinski definition) is 5. The molecule has 4 rings (SSSR count). The summed E-state index contributed by atoms with van der Waals surface area (Å²) in [5.74, 6) is 1.91. The average molecular weight is 330 g/mol. The molecule has 0 radical (unpaired) electrons. The summed E-state index contributed by atoms with van der Waals surface area (Å²) in [6, 6.07) is 0. The van der Waals surface area contributed by atoms with Gasteiger partial charge in [0, 0.05) is 19.2 Å². The van der Waals surface area contributed by atoms with Crippen molar-refractivity contribution in [1.82, 2.24) is 30.3 Å². The predicted octanol–water partition coefficient (Wildman–Crippen LogP) is 1.37. The van der Waals surface area contributed by atoms with Crippen molar-refractivity contribution in [3.8, 4) is 0 Å². The van der Waals surface area contributed by atoms with E-state index < -0.39 is 0 Å². The van der Waals surface area contributed by atoms with Crippen LogP contribution >= 0.6 is 0 Å². The summed E-state index contributed by atoms with van der Waals surface area (Å²) >= 11 is 0. The molecule has 3 heterocycles. The fourth-order valence-electron chi connectivity index (χ4n) is 3.27. The third-order valence-electron chi connectivity index (χ3n) is 4.70. The summed E-state index contributed by atoms with van der Waals surface area (Å²) in [6.45, 7) is 2.36. The Kier molecular flexibility index (Phi) is 3.84. The zero-order chi connectivity index (χ0) is 16.7. The molecule has 1 aliphatic heterocycles. The van der Waals surface area contributed by atoms with E-state index in [9.17, 15) is 4.79 Å². The van der Waals surface area contributed by atoms with E-state index >= 15 is 0 Å². The molecule has 1 saturated heterocycles. The Morgan fingerprint density at radius 1 is 1.42 bits per heavy atom. The van der Waals surface area contributed by atoms with Crippen molar-refractivity contribution in [2.75, 3.05) is 6.54 Å². The van der Waals surface area contributed by atoms with Crippen LogP contribution in [-0.2, 0) is 11.8 Å². The second kappa shape index (κ2) is 6.01. The molecule has 0 aromatic carbocycles. The molecule has 2 aromatic heterocycles. The fourth-order valence-corrected chi connectivity index (χ4v) is 3.27. The molecular weight excluding hydrogens is 308 g/mol. The quantitative estimate of drug-likeness (QED) is 0.863. The van der Waals surface area contributed by atoms with Gasteiger partial charge in [0.15, 0.2) is 5.82 Å². The molecule has 2 aromatic rings. The maximum Gasteiger partial charge on any atom is 0.269 e. The molecular formula is C16H22N6O2. The van der Waals surface area contributed by atoms with E-state index in [1.165, 1.54) is 0 Å². The number of carbonyl (C=O) groups excluding carboxylic acids is 1. The number of rotatable bonds is 5. The van der Waals surface area contributed by atoms with Gasteiger partial charge in [-0.25, -0.2) is 4.98 Å². The Morgan fingerprint density at radius 3 is 2.96 bits per heavy atom. The van der Waals surface area contributed by atoms with Crippen LogP contribution in [0.4, 0.5) is 0 Å². The van der Waals surface area contributed by atoms with Gasteiger partial charge < -0.3 is 10.1 Å². The minimum absolute atomic E-state index is 0.00430. The lowest BCUT2D eigenvalue weighted by molar-refractivity contribution is 0.0391. The first-order valence-electron chi connectivity index (χ1n) is 8.46. The molecule has 1 aliphatic carbocycles. The Morgan fingerprint density at radius 2 is 2.25 bits per heavy atom. The number of aromatic amines is 1. The first-order valence-corrected chi connectivity index (χ1v) is 8.46. The van der Waals surface area contributed by atoms with Gasteiger partial charge in [-0.1, -0.05) is 0 Å². The molecule has 2 atom stereocenters. The summed E-state index contributed by atoms with van der Waals surface area (Å²) in [5.41, 5.74) is 1.74. The Hall–Kier alpha value is -2.22. The lowest BCUT2D eigenvalue weighted by atomic mass is 10.1. The van der Waals surface area contributed by atoms with E-state index in [0.29, 0.717) is 24.0 Å². The van der Waals surface area contributed by atoms with E-state index in [1.54, 1.807) is 4.68 Å². The first kappa shape index (κ1) is 15.3. The first-order chi connectivity index (χ1) is 11.6. The van der Waals surface area contributed by atoms with Gasteiger partial charge >= 0.3 is 0 Å². The SMILES string of the molecule is Cc1nc([C@@H]2CC[C@H](CNC(=O)c3c(C4CC4)cnn3C)O2)n[nH]1. The highest BCUT2D eigenvalue weighted by atomic mass is 16.5. The van der Waals surface area contributed by atoms with Gasteiger partial charge in [0.1, 0.15) is 17.6 Å². The lowest BCUT2D eigenvalue weighted by Gasteiger charge is -2.13. The largest absolute Gasteiger partial charge is 0.365 e. The molecule has 2 N–H and O–H groups in total. The molecule has 2 fully saturated rings. The number of amides is 1. The van der Waals surface area contributed by atoms with Crippen molar-refractivity contribution in [3.63, 3.8) is 0 Å². The fraction of sp³-hybridized carbons (Fsp3) is 0.625. The van der Waals surface area contributed by atoms with Gasteiger partial charge in [-0.3, -0.25) is 14.6 Å². The minimum Gasteiger partial charge on any atom is -0.365 e. The number of aromatic nitrogens is 5. The number of H-pyrrole nitrogens is 1. The van der Waals surface area contributed by atoms with Crippen LogP contribution in [0.15, 0.2) is 6.20 Å². The number of ether oxygens (including phenoxy) is 1. The number of nitrogens with zero attached hydrogens (tertiary/aromatic N) is 4. The standard InChI is InChI=1S/C16H22N6O2/c1-9-19-15(21-20-9)13-6-5-11(24-13)7-17-16(23)14-12(10-3-4-10)8-18-22(14)2/h8,10-11,13H,3-7H2,1-2H3,(H,17,23)(H,19,20,21)/t11-,13+/m1/s1. The van der Waals surface area contributed by atoms with E-state index in [2.05, 4.69) is 25.6 Å². The van der Waals surface area contributed by atoms with Crippen LogP contribution in [0.25, 0.3) is 0 Å². The second-order valence-corrected chi connectivity index (χ2v) is 6.66. The maximum atomic E-state index is 12.5. The molecule has 8 nitrogen and oxygen atoms in total. The Bertz CT molecular complexity index is 748. The van der Waals surface area contributed by atoms with Crippen LogP contribution in [0, 0.1) is 6.92 Å². The van der Waals surface area contributed by atoms with Crippen molar-refractivity contribution in [2.45, 2.75) is 50.7 Å². The smallest absolute Gasteiger partial charge is 0.269 e. The van der Waals surface area contributed by atoms with Crippen LogP contribution in [0.2, 0.25) is 0 Å². The van der Waals surface area contributed by atoms with Crippen LogP contribution in [0.1, 0.15) is 65.4 Å². The zero-order valence-electron chi connectivity index (χ0n) is 14.0. The molecule has 128 valence electrons. The second-order valence-electron chi connectivity index (χ2n) is 6.66. The molecule has 2 aliphatic rings. The van der Waals surface area contributed by atoms with Gasteiger partial charge in [-0.05, 0) is 38.5 Å². The maximum absolute atomic E-state index is 12.5. The van der Waals surface area contributed by atoms with Crippen molar-refractivity contribution < 1.29 is 9.53 Å². The van der Waals surface area contributed by atoms with E-state index in [-0.39, 0.29) is 18.1 Å². The molecule has 24 heavy (non-hydrogen) atoms. The minimum atomic E-state index is -0.0874. The highest BCUT2D eigenvalue weighted by molar-refractivity contribution is 5.94. The van der Waals surface area contributed by atoms with Crippen molar-refractivity contribution >= 4 is 5.91 Å². The number of hydrogen-bond donors (Lipinski definition) is 2.